The zero-order valence-electron chi connectivity index (χ0n) is 13.7. The van der Waals surface area contributed by atoms with Crippen LogP contribution in [-0.2, 0) is 17.6 Å². The maximum absolute atomic E-state index is 12.3. The molecule has 0 fully saturated rings. The highest BCUT2D eigenvalue weighted by Crippen LogP contribution is 2.23. The van der Waals surface area contributed by atoms with Crippen molar-refractivity contribution in [1.29, 1.82) is 0 Å². The molecule has 0 aromatic heterocycles. The van der Waals surface area contributed by atoms with Crippen LogP contribution >= 0.6 is 0 Å². The number of nitrogens with zero attached hydrogens (tertiary/aromatic N) is 1. The van der Waals surface area contributed by atoms with Gasteiger partial charge in [-0.2, -0.15) is 0 Å². The highest BCUT2D eigenvalue weighted by atomic mass is 16.2. The van der Waals surface area contributed by atoms with Gasteiger partial charge in [-0.15, -0.1) is 0 Å². The van der Waals surface area contributed by atoms with Crippen LogP contribution in [0.25, 0.3) is 0 Å². The Hall–Kier alpha value is -1.90. The molecule has 0 atom stereocenters. The van der Waals surface area contributed by atoms with Crippen LogP contribution < -0.4 is 0 Å². The maximum atomic E-state index is 12.3. The first-order valence-corrected chi connectivity index (χ1v) is 8.08. The van der Waals surface area contributed by atoms with Crippen molar-refractivity contribution in [1.82, 2.24) is 4.90 Å². The van der Waals surface area contributed by atoms with Gasteiger partial charge in [0, 0.05) is 31.5 Å². The summed E-state index contributed by atoms with van der Waals surface area (Å²) in [6.45, 7) is 8.92. The van der Waals surface area contributed by atoms with Crippen molar-refractivity contribution in [3.63, 3.8) is 0 Å². The zero-order valence-corrected chi connectivity index (χ0v) is 13.7. The predicted molar refractivity (Wildman–Crippen MR) is 89.1 cm³/mol. The molecule has 2 rings (SSSR count). The van der Waals surface area contributed by atoms with Crippen LogP contribution in [-0.4, -0.2) is 29.7 Å². The lowest BCUT2D eigenvalue weighted by molar-refractivity contribution is -0.130. The first-order valence-electron chi connectivity index (χ1n) is 8.08. The van der Waals surface area contributed by atoms with Gasteiger partial charge in [0.15, 0.2) is 5.78 Å². The van der Waals surface area contributed by atoms with E-state index in [4.69, 9.17) is 0 Å². The van der Waals surface area contributed by atoms with Crippen molar-refractivity contribution < 1.29 is 9.59 Å². The Kier molecular flexibility index (Phi) is 5.53. The second kappa shape index (κ2) is 7.39. The Labute approximate surface area is 133 Å². The summed E-state index contributed by atoms with van der Waals surface area (Å²) in [5.74, 6) is 0.0921. The van der Waals surface area contributed by atoms with E-state index >= 15 is 0 Å². The van der Waals surface area contributed by atoms with E-state index in [9.17, 15) is 9.59 Å². The molecule has 0 spiro atoms. The standard InChI is InChI=1S/C19H25NO2/c1-4-20(13-14(2)3)19(22)11-10-18(21)17-9-8-15-6-5-7-16(15)12-17/h8-9,12H,2,4-7,10-11,13H2,1,3H3. The van der Waals surface area contributed by atoms with Crippen LogP contribution in [0.2, 0.25) is 0 Å². The number of hydrogen-bond acceptors (Lipinski definition) is 2. The fourth-order valence-electron chi connectivity index (χ4n) is 2.97. The molecule has 0 aliphatic heterocycles. The second-order valence-corrected chi connectivity index (χ2v) is 6.13. The first kappa shape index (κ1) is 16.5. The summed E-state index contributed by atoms with van der Waals surface area (Å²) in [4.78, 5) is 26.2. The Morgan fingerprint density at radius 3 is 2.59 bits per heavy atom. The molecule has 0 heterocycles. The third-order valence-corrected chi connectivity index (χ3v) is 4.18. The second-order valence-electron chi connectivity index (χ2n) is 6.13. The number of carbonyl (C=O) groups is 2. The van der Waals surface area contributed by atoms with Crippen LogP contribution in [0.15, 0.2) is 30.4 Å². The van der Waals surface area contributed by atoms with Crippen LogP contribution in [0.4, 0.5) is 0 Å². The summed E-state index contributed by atoms with van der Waals surface area (Å²) in [5.41, 5.74) is 4.37. The maximum Gasteiger partial charge on any atom is 0.223 e. The molecule has 1 aliphatic rings. The number of fused-ring (bicyclic) bond motifs is 1. The summed E-state index contributed by atoms with van der Waals surface area (Å²) in [7, 11) is 0. The lowest BCUT2D eigenvalue weighted by atomic mass is 10.0. The quantitative estimate of drug-likeness (QED) is 0.570. The van der Waals surface area contributed by atoms with Crippen LogP contribution in [0.1, 0.15) is 54.6 Å². The summed E-state index contributed by atoms with van der Waals surface area (Å²) in [6, 6.07) is 5.99. The SMILES string of the molecule is C=C(C)CN(CC)C(=O)CCC(=O)c1ccc2c(c1)CCC2. The van der Waals surface area contributed by atoms with Gasteiger partial charge in [-0.3, -0.25) is 9.59 Å². The molecule has 1 amide bonds. The molecule has 118 valence electrons. The van der Waals surface area contributed by atoms with Crippen LogP contribution in [0.5, 0.6) is 0 Å². The van der Waals surface area contributed by atoms with E-state index in [0.29, 0.717) is 13.1 Å². The normalized spacial score (nSPS) is 12.8. The van der Waals surface area contributed by atoms with E-state index in [1.54, 1.807) is 4.90 Å². The Balaban J connectivity index is 1.92. The summed E-state index contributed by atoms with van der Waals surface area (Å²) in [6.07, 6.45) is 3.92. The Morgan fingerprint density at radius 1 is 1.18 bits per heavy atom. The molecule has 22 heavy (non-hydrogen) atoms. The van der Waals surface area contributed by atoms with Gasteiger partial charge in [0.1, 0.15) is 0 Å². The molecule has 0 saturated carbocycles. The predicted octanol–water partition coefficient (Wildman–Crippen LogP) is 3.56. The van der Waals surface area contributed by atoms with E-state index in [-0.39, 0.29) is 24.5 Å². The largest absolute Gasteiger partial charge is 0.339 e. The number of aryl methyl sites for hydroxylation is 2. The number of likely N-dealkylation sites (N-methyl/N-ethyl adjacent to an activating group) is 1. The Morgan fingerprint density at radius 2 is 1.91 bits per heavy atom. The van der Waals surface area contributed by atoms with Gasteiger partial charge in [0.2, 0.25) is 5.91 Å². The number of rotatable bonds is 7. The van der Waals surface area contributed by atoms with Gasteiger partial charge in [-0.25, -0.2) is 0 Å². The molecule has 0 saturated heterocycles. The van der Waals surface area contributed by atoms with Crippen molar-refractivity contribution in [2.45, 2.75) is 46.0 Å². The third kappa shape index (κ3) is 4.06. The van der Waals surface area contributed by atoms with Crippen molar-refractivity contribution in [2.24, 2.45) is 0 Å². The number of carbonyl (C=O) groups excluding carboxylic acids is 2. The van der Waals surface area contributed by atoms with Gasteiger partial charge >= 0.3 is 0 Å². The molecule has 0 radical (unpaired) electrons. The summed E-state index contributed by atoms with van der Waals surface area (Å²) >= 11 is 0. The van der Waals surface area contributed by atoms with Crippen molar-refractivity contribution in [3.05, 3.63) is 47.0 Å². The van der Waals surface area contributed by atoms with E-state index in [0.717, 1.165) is 24.0 Å². The minimum atomic E-state index is 0.0278. The van der Waals surface area contributed by atoms with Crippen LogP contribution in [0, 0.1) is 0 Å². The van der Waals surface area contributed by atoms with Crippen molar-refractivity contribution >= 4 is 11.7 Å². The number of amides is 1. The number of benzene rings is 1. The Bertz CT molecular complexity index is 589. The zero-order chi connectivity index (χ0) is 16.1. The lowest BCUT2D eigenvalue weighted by Gasteiger charge is -2.20. The molecular weight excluding hydrogens is 274 g/mol. The topological polar surface area (TPSA) is 37.4 Å². The molecule has 0 unspecified atom stereocenters. The van der Waals surface area contributed by atoms with Gasteiger partial charge in [-0.05, 0) is 50.3 Å². The van der Waals surface area contributed by atoms with Gasteiger partial charge in [0.25, 0.3) is 0 Å². The molecule has 0 N–H and O–H groups in total. The highest BCUT2D eigenvalue weighted by molar-refractivity contribution is 5.98. The fraction of sp³-hybridized carbons (Fsp3) is 0.474. The molecule has 1 aromatic rings. The summed E-state index contributed by atoms with van der Waals surface area (Å²) in [5, 5.41) is 0. The van der Waals surface area contributed by atoms with Crippen LogP contribution in [0.3, 0.4) is 0 Å². The van der Waals surface area contributed by atoms with Gasteiger partial charge in [0.05, 0.1) is 0 Å². The molecule has 1 aromatic carbocycles. The summed E-state index contributed by atoms with van der Waals surface area (Å²) < 4.78 is 0. The average Bonchev–Trinajstić information content (AvgIpc) is 2.97. The van der Waals surface area contributed by atoms with E-state index in [2.05, 4.69) is 12.6 Å². The minimum absolute atomic E-state index is 0.0278. The molecule has 1 aliphatic carbocycles. The number of ketones is 1. The highest BCUT2D eigenvalue weighted by Gasteiger charge is 2.17. The van der Waals surface area contributed by atoms with Crippen molar-refractivity contribution in [3.8, 4) is 0 Å². The average molecular weight is 299 g/mol. The van der Waals surface area contributed by atoms with E-state index < -0.39 is 0 Å². The molecule has 3 heteroatoms. The first-order chi connectivity index (χ1) is 10.5. The van der Waals surface area contributed by atoms with E-state index in [1.165, 1.54) is 17.5 Å². The molecule has 0 bridgehead atoms. The number of hydrogen-bond donors (Lipinski definition) is 0. The monoisotopic (exact) mass is 299 g/mol. The van der Waals surface area contributed by atoms with Crippen molar-refractivity contribution in [2.75, 3.05) is 13.1 Å². The smallest absolute Gasteiger partial charge is 0.223 e. The van der Waals surface area contributed by atoms with Gasteiger partial charge < -0.3 is 4.90 Å². The molecular formula is C19H25NO2. The third-order valence-electron chi connectivity index (χ3n) is 4.18. The van der Waals surface area contributed by atoms with Gasteiger partial charge in [-0.1, -0.05) is 24.3 Å². The molecule has 3 nitrogen and oxygen atoms in total. The fourth-order valence-corrected chi connectivity index (χ4v) is 2.97. The number of Topliss-reactive ketones (excluding diaryl/α,β-unsaturated/α-hetero) is 1. The minimum Gasteiger partial charge on any atom is -0.339 e. The lowest BCUT2D eigenvalue weighted by Crippen LogP contribution is -2.32. The van der Waals surface area contributed by atoms with E-state index in [1.807, 2.05) is 26.0 Å².